The summed E-state index contributed by atoms with van der Waals surface area (Å²) >= 11 is 1.50. The number of rotatable bonds is 5. The molecular weight excluding hydrogens is 277 g/mol. The van der Waals surface area contributed by atoms with Crippen molar-refractivity contribution in [1.29, 1.82) is 0 Å². The van der Waals surface area contributed by atoms with Gasteiger partial charge in [-0.25, -0.2) is 9.37 Å². The summed E-state index contributed by atoms with van der Waals surface area (Å²) in [6.07, 6.45) is 0. The minimum Gasteiger partial charge on any atom is -0.358 e. The Kier molecular flexibility index (Phi) is 4.81. The maximum absolute atomic E-state index is 12.9. The molecule has 4 nitrogen and oxygen atoms in total. The van der Waals surface area contributed by atoms with E-state index in [0.29, 0.717) is 6.54 Å². The average molecular weight is 293 g/mol. The number of hydrogen-bond donors (Lipinski definition) is 2. The average Bonchev–Trinajstić information content (AvgIpc) is 2.93. The van der Waals surface area contributed by atoms with Crippen LogP contribution >= 0.6 is 11.3 Å². The highest BCUT2D eigenvalue weighted by atomic mass is 32.1. The van der Waals surface area contributed by atoms with Crippen LogP contribution in [-0.4, -0.2) is 24.0 Å². The molecule has 1 amide bonds. The minimum absolute atomic E-state index is 0.0565. The van der Waals surface area contributed by atoms with Crippen molar-refractivity contribution in [3.8, 4) is 10.6 Å². The quantitative estimate of drug-likeness (QED) is 0.888. The molecule has 0 radical (unpaired) electrons. The third-order valence-electron chi connectivity index (χ3n) is 2.87. The summed E-state index contributed by atoms with van der Waals surface area (Å²) in [4.78, 5) is 15.8. The first-order chi connectivity index (χ1) is 9.60. The van der Waals surface area contributed by atoms with E-state index in [9.17, 15) is 9.18 Å². The number of aromatic nitrogens is 1. The van der Waals surface area contributed by atoms with Crippen LogP contribution in [0, 0.1) is 5.82 Å². The normalized spacial score (nSPS) is 12.2. The van der Waals surface area contributed by atoms with Crippen molar-refractivity contribution < 1.29 is 9.18 Å². The van der Waals surface area contributed by atoms with Crippen LogP contribution in [-0.2, 0) is 11.3 Å². The van der Waals surface area contributed by atoms with Crippen LogP contribution in [0.3, 0.4) is 0 Å². The van der Waals surface area contributed by atoms with Crippen molar-refractivity contribution in [2.75, 3.05) is 7.05 Å². The standard InChI is InChI=1S/C14H16FN3OS/c1-9(13(19)16-2)17-7-12-8-20-14(18-12)10-3-5-11(15)6-4-10/h3-6,8-9,17H,7H2,1-2H3,(H,16,19). The molecule has 0 bridgehead atoms. The molecule has 1 aromatic heterocycles. The second kappa shape index (κ2) is 6.58. The molecule has 0 aliphatic heterocycles. The Labute approximate surface area is 121 Å². The fraction of sp³-hybridized carbons (Fsp3) is 0.286. The van der Waals surface area contributed by atoms with Gasteiger partial charge in [-0.2, -0.15) is 0 Å². The van der Waals surface area contributed by atoms with Gasteiger partial charge in [-0.05, 0) is 31.2 Å². The SMILES string of the molecule is CNC(=O)C(C)NCc1csc(-c2ccc(F)cc2)n1. The molecule has 2 aromatic rings. The van der Waals surface area contributed by atoms with Crippen molar-refractivity contribution in [3.05, 3.63) is 41.2 Å². The van der Waals surface area contributed by atoms with Crippen molar-refractivity contribution in [1.82, 2.24) is 15.6 Å². The lowest BCUT2D eigenvalue weighted by atomic mass is 10.2. The highest BCUT2D eigenvalue weighted by molar-refractivity contribution is 7.13. The molecule has 2 rings (SSSR count). The van der Waals surface area contributed by atoms with Gasteiger partial charge in [-0.1, -0.05) is 0 Å². The summed E-state index contributed by atoms with van der Waals surface area (Å²) in [5, 5.41) is 8.45. The zero-order chi connectivity index (χ0) is 14.5. The van der Waals surface area contributed by atoms with Gasteiger partial charge in [0.25, 0.3) is 0 Å². The van der Waals surface area contributed by atoms with Crippen molar-refractivity contribution in [3.63, 3.8) is 0 Å². The van der Waals surface area contributed by atoms with E-state index in [0.717, 1.165) is 16.3 Å². The zero-order valence-electron chi connectivity index (χ0n) is 11.3. The van der Waals surface area contributed by atoms with E-state index in [1.807, 2.05) is 5.38 Å². The molecule has 1 heterocycles. The highest BCUT2D eigenvalue weighted by Crippen LogP contribution is 2.23. The summed E-state index contributed by atoms with van der Waals surface area (Å²) in [6, 6.07) is 5.98. The molecule has 106 valence electrons. The zero-order valence-corrected chi connectivity index (χ0v) is 12.1. The molecule has 1 aromatic carbocycles. The number of nitrogens with zero attached hydrogens (tertiary/aromatic N) is 1. The maximum Gasteiger partial charge on any atom is 0.236 e. The third-order valence-corrected chi connectivity index (χ3v) is 3.81. The molecule has 0 aliphatic rings. The van der Waals surface area contributed by atoms with E-state index in [1.54, 1.807) is 26.1 Å². The first-order valence-electron chi connectivity index (χ1n) is 6.25. The lowest BCUT2D eigenvalue weighted by Gasteiger charge is -2.10. The summed E-state index contributed by atoms with van der Waals surface area (Å²) < 4.78 is 12.9. The Morgan fingerprint density at radius 3 is 2.75 bits per heavy atom. The second-order valence-corrected chi connectivity index (χ2v) is 5.23. The van der Waals surface area contributed by atoms with Crippen molar-refractivity contribution >= 4 is 17.2 Å². The van der Waals surface area contributed by atoms with E-state index in [-0.39, 0.29) is 17.8 Å². The van der Waals surface area contributed by atoms with Crippen molar-refractivity contribution in [2.24, 2.45) is 0 Å². The molecule has 0 fully saturated rings. The van der Waals surface area contributed by atoms with Gasteiger partial charge < -0.3 is 10.6 Å². The molecule has 2 N–H and O–H groups in total. The molecule has 6 heteroatoms. The summed E-state index contributed by atoms with van der Waals surface area (Å²) in [6.45, 7) is 2.32. The molecule has 0 spiro atoms. The Morgan fingerprint density at radius 1 is 1.40 bits per heavy atom. The highest BCUT2D eigenvalue weighted by Gasteiger charge is 2.11. The van der Waals surface area contributed by atoms with Crippen LogP contribution in [0.15, 0.2) is 29.6 Å². The minimum atomic E-state index is -0.268. The second-order valence-electron chi connectivity index (χ2n) is 4.37. The van der Waals surface area contributed by atoms with Crippen LogP contribution in [0.1, 0.15) is 12.6 Å². The molecule has 1 atom stereocenters. The number of thiazole rings is 1. The first kappa shape index (κ1) is 14.6. The monoisotopic (exact) mass is 293 g/mol. The van der Waals surface area contributed by atoms with E-state index >= 15 is 0 Å². The van der Waals surface area contributed by atoms with Crippen LogP contribution in [0.4, 0.5) is 4.39 Å². The van der Waals surface area contributed by atoms with Gasteiger partial charge in [-0.15, -0.1) is 11.3 Å². The Balaban J connectivity index is 1.99. The van der Waals surface area contributed by atoms with Gasteiger partial charge >= 0.3 is 0 Å². The largest absolute Gasteiger partial charge is 0.358 e. The van der Waals surface area contributed by atoms with Gasteiger partial charge in [0.15, 0.2) is 0 Å². The van der Waals surface area contributed by atoms with Gasteiger partial charge in [0.05, 0.1) is 11.7 Å². The van der Waals surface area contributed by atoms with Gasteiger partial charge in [-0.3, -0.25) is 4.79 Å². The Morgan fingerprint density at radius 2 is 2.10 bits per heavy atom. The van der Waals surface area contributed by atoms with Gasteiger partial charge in [0, 0.05) is 24.5 Å². The Bertz CT molecular complexity index is 582. The molecule has 20 heavy (non-hydrogen) atoms. The number of carbonyl (C=O) groups is 1. The fourth-order valence-corrected chi connectivity index (χ4v) is 2.51. The molecule has 0 saturated carbocycles. The summed E-state index contributed by atoms with van der Waals surface area (Å²) in [5.41, 5.74) is 1.76. The van der Waals surface area contributed by atoms with Crippen LogP contribution < -0.4 is 10.6 Å². The van der Waals surface area contributed by atoms with Crippen LogP contribution in [0.5, 0.6) is 0 Å². The lowest BCUT2D eigenvalue weighted by molar-refractivity contribution is -0.122. The maximum atomic E-state index is 12.9. The smallest absolute Gasteiger partial charge is 0.236 e. The van der Waals surface area contributed by atoms with Crippen LogP contribution in [0.25, 0.3) is 10.6 Å². The van der Waals surface area contributed by atoms with Crippen LogP contribution in [0.2, 0.25) is 0 Å². The number of carbonyl (C=O) groups excluding carboxylic acids is 1. The van der Waals surface area contributed by atoms with Gasteiger partial charge in [0.1, 0.15) is 10.8 Å². The number of hydrogen-bond acceptors (Lipinski definition) is 4. The molecule has 0 saturated heterocycles. The van der Waals surface area contributed by atoms with E-state index in [1.165, 1.54) is 23.5 Å². The molecule has 0 aliphatic carbocycles. The number of amides is 1. The number of likely N-dealkylation sites (N-methyl/N-ethyl adjacent to an activating group) is 1. The number of benzene rings is 1. The van der Waals surface area contributed by atoms with Gasteiger partial charge in [0.2, 0.25) is 5.91 Å². The number of halogens is 1. The first-order valence-corrected chi connectivity index (χ1v) is 7.13. The third kappa shape index (κ3) is 3.61. The predicted octanol–water partition coefficient (Wildman–Crippen LogP) is 2.17. The van der Waals surface area contributed by atoms with E-state index < -0.39 is 0 Å². The van der Waals surface area contributed by atoms with Crippen molar-refractivity contribution in [2.45, 2.75) is 19.5 Å². The van der Waals surface area contributed by atoms with E-state index in [2.05, 4.69) is 15.6 Å². The predicted molar refractivity (Wildman–Crippen MR) is 77.9 cm³/mol. The van der Waals surface area contributed by atoms with E-state index in [4.69, 9.17) is 0 Å². The lowest BCUT2D eigenvalue weighted by Crippen LogP contribution is -2.40. The molecule has 1 unspecified atom stereocenters. The summed E-state index contributed by atoms with van der Waals surface area (Å²) in [5.74, 6) is -0.314. The Hall–Kier alpha value is -1.79. The number of nitrogens with one attached hydrogen (secondary N) is 2. The fourth-order valence-electron chi connectivity index (χ4n) is 1.68. The molecular formula is C14H16FN3OS. The topological polar surface area (TPSA) is 54.0 Å². The summed E-state index contributed by atoms with van der Waals surface area (Å²) in [7, 11) is 1.61.